The Morgan fingerprint density at radius 3 is 2.69 bits per heavy atom. The molecule has 164 valence electrons. The van der Waals surface area contributed by atoms with Crippen LogP contribution in [-0.4, -0.2) is 30.2 Å². The molecule has 4 aromatic rings. The number of amides is 1. The monoisotopic (exact) mass is 443 g/mol. The second-order valence-corrected chi connectivity index (χ2v) is 7.23. The number of fused-ring (bicyclic) bond motifs is 3. The van der Waals surface area contributed by atoms with Gasteiger partial charge in [0, 0.05) is 23.1 Å². The lowest BCUT2D eigenvalue weighted by atomic mass is 10.2. The molecule has 1 aliphatic heterocycles. The smallest absolute Gasteiger partial charge is 0.382 e. The number of alkyl halides is 3. The first-order chi connectivity index (χ1) is 15.3. The first-order valence-electron chi connectivity index (χ1n) is 9.51. The van der Waals surface area contributed by atoms with Gasteiger partial charge >= 0.3 is 6.18 Å². The summed E-state index contributed by atoms with van der Waals surface area (Å²) < 4.78 is 46.4. The van der Waals surface area contributed by atoms with Crippen molar-refractivity contribution >= 4 is 28.4 Å². The summed E-state index contributed by atoms with van der Waals surface area (Å²) in [5.41, 5.74) is 9.78. The van der Waals surface area contributed by atoms with E-state index < -0.39 is 17.6 Å². The summed E-state index contributed by atoms with van der Waals surface area (Å²) in [5.74, 6) is -0.160. The van der Waals surface area contributed by atoms with Crippen LogP contribution in [0.2, 0.25) is 0 Å². The molecule has 5 rings (SSSR count). The summed E-state index contributed by atoms with van der Waals surface area (Å²) in [5, 5.41) is 6.23. The van der Waals surface area contributed by atoms with E-state index in [9.17, 15) is 18.0 Å². The fourth-order valence-corrected chi connectivity index (χ4v) is 3.72. The van der Waals surface area contributed by atoms with Crippen molar-refractivity contribution < 1.29 is 22.7 Å². The van der Waals surface area contributed by atoms with Crippen molar-refractivity contribution in [2.75, 3.05) is 11.1 Å². The number of carbonyl (C=O) groups excluding carboxylic acids is 1. The van der Waals surface area contributed by atoms with E-state index in [1.165, 1.54) is 6.33 Å². The van der Waals surface area contributed by atoms with Crippen LogP contribution in [0.3, 0.4) is 0 Å². The number of nitrogen functional groups attached to an aromatic ring is 1. The molecule has 0 bridgehead atoms. The zero-order chi connectivity index (χ0) is 22.5. The minimum atomic E-state index is -4.51. The number of nitrogens with one attached hydrogen (secondary N) is 1. The van der Waals surface area contributed by atoms with Gasteiger partial charge in [0.05, 0.1) is 30.7 Å². The molecule has 12 heteroatoms. The second-order valence-electron chi connectivity index (χ2n) is 7.23. The maximum atomic E-state index is 12.7. The van der Waals surface area contributed by atoms with Crippen LogP contribution in [0.4, 0.5) is 24.7 Å². The number of hydrogen-bond donors (Lipinski definition) is 2. The molecule has 3 N–H and O–H groups in total. The van der Waals surface area contributed by atoms with Gasteiger partial charge in [-0.25, -0.2) is 9.97 Å². The molecule has 3 aromatic heterocycles. The summed E-state index contributed by atoms with van der Waals surface area (Å²) in [6, 6.07) is 6.95. The molecule has 0 unspecified atom stereocenters. The van der Waals surface area contributed by atoms with E-state index in [0.717, 1.165) is 33.3 Å². The molecule has 0 spiro atoms. The SMILES string of the molecule is Nc1ncnc2c3c(n(-c4ccc(NC(=O)Cn5cc(C(F)(F)F)cn5)cc4)c12)COC3. The summed E-state index contributed by atoms with van der Waals surface area (Å²) in [6.45, 7) is 0.499. The summed E-state index contributed by atoms with van der Waals surface area (Å²) >= 11 is 0. The standard InChI is InChI=1S/C20H16F3N7O2/c21-20(22,23)11-5-27-29(6-11)7-16(31)28-12-1-3-13(4-2-12)30-15-9-32-8-14(15)17-18(30)19(24)26-10-25-17/h1-6,10H,7-9H2,(H,28,31)(H2,24,25,26). The third-order valence-corrected chi connectivity index (χ3v) is 5.14. The lowest BCUT2D eigenvalue weighted by Gasteiger charge is -2.12. The van der Waals surface area contributed by atoms with Gasteiger partial charge < -0.3 is 20.4 Å². The lowest BCUT2D eigenvalue weighted by molar-refractivity contribution is -0.137. The van der Waals surface area contributed by atoms with Crippen molar-refractivity contribution in [1.29, 1.82) is 0 Å². The number of rotatable bonds is 4. The Hall–Kier alpha value is -3.93. The summed E-state index contributed by atoms with van der Waals surface area (Å²) in [4.78, 5) is 20.7. The zero-order valence-corrected chi connectivity index (χ0v) is 16.4. The second kappa shape index (κ2) is 7.34. The number of anilines is 2. The Morgan fingerprint density at radius 1 is 1.19 bits per heavy atom. The van der Waals surface area contributed by atoms with Gasteiger partial charge in [-0.2, -0.15) is 18.3 Å². The number of nitrogens with two attached hydrogens (primary N) is 1. The van der Waals surface area contributed by atoms with Gasteiger partial charge in [0.2, 0.25) is 5.91 Å². The molecule has 32 heavy (non-hydrogen) atoms. The Morgan fingerprint density at radius 2 is 1.97 bits per heavy atom. The molecule has 0 saturated carbocycles. The van der Waals surface area contributed by atoms with Gasteiger partial charge in [-0.1, -0.05) is 0 Å². The third kappa shape index (κ3) is 3.43. The maximum absolute atomic E-state index is 12.7. The number of nitrogens with zero attached hydrogens (tertiary/aromatic N) is 5. The lowest BCUT2D eigenvalue weighted by Crippen LogP contribution is -2.19. The highest BCUT2D eigenvalue weighted by Gasteiger charge is 2.32. The molecule has 0 atom stereocenters. The molecule has 0 fully saturated rings. The fraction of sp³-hybridized carbons (Fsp3) is 0.200. The molecule has 1 amide bonds. The molecule has 0 radical (unpaired) electrons. The van der Waals surface area contributed by atoms with Crippen LogP contribution in [0.1, 0.15) is 16.8 Å². The van der Waals surface area contributed by atoms with E-state index in [0.29, 0.717) is 36.4 Å². The Bertz CT molecular complexity index is 1330. The number of aromatic nitrogens is 5. The van der Waals surface area contributed by atoms with Crippen molar-refractivity contribution in [2.45, 2.75) is 25.9 Å². The van der Waals surface area contributed by atoms with E-state index in [1.54, 1.807) is 24.3 Å². The fourth-order valence-electron chi connectivity index (χ4n) is 3.72. The van der Waals surface area contributed by atoms with Crippen molar-refractivity contribution in [3.8, 4) is 5.69 Å². The van der Waals surface area contributed by atoms with Crippen molar-refractivity contribution in [1.82, 2.24) is 24.3 Å². The molecule has 1 aromatic carbocycles. The number of halogens is 3. The average Bonchev–Trinajstić information content (AvgIpc) is 3.45. The normalized spacial score (nSPS) is 13.5. The zero-order valence-electron chi connectivity index (χ0n) is 16.4. The highest BCUT2D eigenvalue weighted by Crippen LogP contribution is 2.35. The first-order valence-corrected chi connectivity index (χ1v) is 9.51. The predicted molar refractivity (Wildman–Crippen MR) is 108 cm³/mol. The minimum Gasteiger partial charge on any atom is -0.382 e. The van der Waals surface area contributed by atoms with Crippen LogP contribution >= 0.6 is 0 Å². The molecular formula is C20H16F3N7O2. The van der Waals surface area contributed by atoms with Gasteiger partial charge in [-0.05, 0) is 24.3 Å². The molecule has 1 aliphatic rings. The highest BCUT2D eigenvalue weighted by molar-refractivity contribution is 5.92. The van der Waals surface area contributed by atoms with E-state index in [1.807, 2.05) is 4.57 Å². The molecule has 0 saturated heterocycles. The van der Waals surface area contributed by atoms with Gasteiger partial charge in [0.15, 0.2) is 5.82 Å². The molecule has 4 heterocycles. The summed E-state index contributed by atoms with van der Waals surface area (Å²) in [6.07, 6.45) is -1.63. The third-order valence-electron chi connectivity index (χ3n) is 5.14. The van der Waals surface area contributed by atoms with Crippen molar-refractivity contribution in [3.05, 3.63) is 59.8 Å². The predicted octanol–water partition coefficient (Wildman–Crippen LogP) is 2.89. The minimum absolute atomic E-state index is 0.347. The van der Waals surface area contributed by atoms with Gasteiger partial charge in [0.1, 0.15) is 23.9 Å². The summed E-state index contributed by atoms with van der Waals surface area (Å²) in [7, 11) is 0. The van der Waals surface area contributed by atoms with Crippen molar-refractivity contribution in [2.24, 2.45) is 0 Å². The van der Waals surface area contributed by atoms with E-state index >= 15 is 0 Å². The van der Waals surface area contributed by atoms with Crippen LogP contribution in [0, 0.1) is 0 Å². The Labute approximate surface area is 178 Å². The number of benzene rings is 1. The van der Waals surface area contributed by atoms with Gasteiger partial charge in [-0.3, -0.25) is 9.48 Å². The topological polar surface area (TPSA) is 113 Å². The number of ether oxygens (including phenoxy) is 1. The molecule has 9 nitrogen and oxygen atoms in total. The quantitative estimate of drug-likeness (QED) is 0.502. The number of carbonyl (C=O) groups is 1. The van der Waals surface area contributed by atoms with Gasteiger partial charge in [-0.15, -0.1) is 0 Å². The van der Waals surface area contributed by atoms with E-state index in [2.05, 4.69) is 20.4 Å². The largest absolute Gasteiger partial charge is 0.419 e. The highest BCUT2D eigenvalue weighted by atomic mass is 19.4. The van der Waals surface area contributed by atoms with Crippen molar-refractivity contribution in [3.63, 3.8) is 0 Å². The molecular weight excluding hydrogens is 427 g/mol. The number of hydrogen-bond acceptors (Lipinski definition) is 6. The van der Waals surface area contributed by atoms with Crippen LogP contribution in [0.15, 0.2) is 43.0 Å². The average molecular weight is 443 g/mol. The Kier molecular flexibility index (Phi) is 4.59. The van der Waals surface area contributed by atoms with Crippen LogP contribution in [0.25, 0.3) is 16.7 Å². The Balaban J connectivity index is 1.37. The molecule has 0 aliphatic carbocycles. The van der Waals surface area contributed by atoms with E-state index in [-0.39, 0.29) is 6.54 Å². The first kappa shape index (κ1) is 20.0. The van der Waals surface area contributed by atoms with Crippen LogP contribution in [0.5, 0.6) is 0 Å². The maximum Gasteiger partial charge on any atom is 0.419 e. The van der Waals surface area contributed by atoms with Gasteiger partial charge in [0.25, 0.3) is 0 Å². The van der Waals surface area contributed by atoms with Crippen LogP contribution < -0.4 is 11.1 Å². The van der Waals surface area contributed by atoms with Crippen LogP contribution in [-0.2, 0) is 35.5 Å². The van der Waals surface area contributed by atoms with E-state index in [4.69, 9.17) is 10.5 Å².